The minimum atomic E-state index is -0.100. The molecular formula is C14H28O4. The molecule has 0 fully saturated rings. The van der Waals surface area contributed by atoms with Crippen LogP contribution in [-0.2, 0) is 19.1 Å². The maximum Gasteiger partial charge on any atom is 0.308 e. The smallest absolute Gasteiger partial charge is 0.308 e. The first kappa shape index (κ1) is 19.3. The van der Waals surface area contributed by atoms with E-state index in [4.69, 9.17) is 9.47 Å². The van der Waals surface area contributed by atoms with Crippen LogP contribution in [0.1, 0.15) is 60.3 Å². The highest BCUT2D eigenvalue weighted by Gasteiger charge is 2.05. The molecule has 4 nitrogen and oxygen atoms in total. The molecule has 18 heavy (non-hydrogen) atoms. The SMILES string of the molecule is CCCOC(=O)C(C)C.CCCOC(=O)CCC. The number of carbonyl (C=O) groups excluding carboxylic acids is 2. The fraction of sp³-hybridized carbons (Fsp3) is 0.857. The molecular weight excluding hydrogens is 232 g/mol. The first-order chi connectivity index (χ1) is 8.49. The Bertz CT molecular complexity index is 212. The fourth-order valence-corrected chi connectivity index (χ4v) is 0.862. The number of hydrogen-bond acceptors (Lipinski definition) is 4. The molecule has 0 radical (unpaired) electrons. The van der Waals surface area contributed by atoms with Gasteiger partial charge in [0.15, 0.2) is 0 Å². The number of esters is 2. The van der Waals surface area contributed by atoms with Gasteiger partial charge >= 0.3 is 11.9 Å². The lowest BCUT2D eigenvalue weighted by atomic mass is 10.2. The van der Waals surface area contributed by atoms with Gasteiger partial charge in [-0.15, -0.1) is 0 Å². The zero-order valence-electron chi connectivity index (χ0n) is 12.5. The molecule has 0 aliphatic heterocycles. The maximum absolute atomic E-state index is 10.7. The second-order valence-corrected chi connectivity index (χ2v) is 4.29. The van der Waals surface area contributed by atoms with Gasteiger partial charge in [-0.3, -0.25) is 9.59 Å². The van der Waals surface area contributed by atoms with Crippen LogP contribution < -0.4 is 0 Å². The van der Waals surface area contributed by atoms with Crippen LogP contribution in [-0.4, -0.2) is 25.2 Å². The van der Waals surface area contributed by atoms with Gasteiger partial charge in [-0.25, -0.2) is 0 Å². The van der Waals surface area contributed by atoms with Crippen molar-refractivity contribution in [2.45, 2.75) is 60.3 Å². The van der Waals surface area contributed by atoms with E-state index < -0.39 is 0 Å². The lowest BCUT2D eigenvalue weighted by Crippen LogP contribution is -2.11. The van der Waals surface area contributed by atoms with E-state index in [1.807, 2.05) is 34.6 Å². The summed E-state index contributed by atoms with van der Waals surface area (Å²) in [4.78, 5) is 21.3. The monoisotopic (exact) mass is 260 g/mol. The van der Waals surface area contributed by atoms with Crippen LogP contribution >= 0.6 is 0 Å². The van der Waals surface area contributed by atoms with Crippen molar-refractivity contribution >= 4 is 11.9 Å². The van der Waals surface area contributed by atoms with E-state index in [1.54, 1.807) is 0 Å². The number of ether oxygens (including phenoxy) is 2. The molecule has 0 bridgehead atoms. The van der Waals surface area contributed by atoms with Crippen LogP contribution in [0.4, 0.5) is 0 Å². The van der Waals surface area contributed by atoms with E-state index in [1.165, 1.54) is 0 Å². The molecule has 0 N–H and O–H groups in total. The Morgan fingerprint density at radius 3 is 1.78 bits per heavy atom. The number of carbonyl (C=O) groups is 2. The summed E-state index contributed by atoms with van der Waals surface area (Å²) in [6.45, 7) is 10.7. The number of hydrogen-bond donors (Lipinski definition) is 0. The highest BCUT2D eigenvalue weighted by Crippen LogP contribution is 1.95. The predicted octanol–water partition coefficient (Wildman–Crippen LogP) is 3.34. The Morgan fingerprint density at radius 2 is 1.39 bits per heavy atom. The molecule has 0 spiro atoms. The predicted molar refractivity (Wildman–Crippen MR) is 72.2 cm³/mol. The van der Waals surface area contributed by atoms with Crippen LogP contribution in [0.3, 0.4) is 0 Å². The van der Waals surface area contributed by atoms with E-state index in [0.717, 1.165) is 19.3 Å². The summed E-state index contributed by atoms with van der Waals surface area (Å²) in [5.74, 6) is -0.159. The summed E-state index contributed by atoms with van der Waals surface area (Å²) in [6, 6.07) is 0. The minimum absolute atomic E-state index is 0.0107. The topological polar surface area (TPSA) is 52.6 Å². The zero-order valence-corrected chi connectivity index (χ0v) is 12.5. The van der Waals surface area contributed by atoms with Gasteiger partial charge < -0.3 is 9.47 Å². The van der Waals surface area contributed by atoms with Crippen molar-refractivity contribution < 1.29 is 19.1 Å². The Balaban J connectivity index is 0. The largest absolute Gasteiger partial charge is 0.466 e. The van der Waals surface area contributed by atoms with Crippen LogP contribution in [0, 0.1) is 5.92 Å². The third-order valence-corrected chi connectivity index (χ3v) is 1.84. The second-order valence-electron chi connectivity index (χ2n) is 4.29. The fourth-order valence-electron chi connectivity index (χ4n) is 0.862. The van der Waals surface area contributed by atoms with Crippen molar-refractivity contribution in [2.24, 2.45) is 5.92 Å². The molecule has 0 unspecified atom stereocenters. The van der Waals surface area contributed by atoms with Crippen LogP contribution in [0.25, 0.3) is 0 Å². The summed E-state index contributed by atoms with van der Waals surface area (Å²) in [7, 11) is 0. The van der Waals surface area contributed by atoms with Gasteiger partial charge in [0.2, 0.25) is 0 Å². The van der Waals surface area contributed by atoms with E-state index in [0.29, 0.717) is 19.6 Å². The Kier molecular flexibility index (Phi) is 15.0. The number of rotatable bonds is 7. The van der Waals surface area contributed by atoms with Crippen molar-refractivity contribution in [3.8, 4) is 0 Å². The minimum Gasteiger partial charge on any atom is -0.466 e. The lowest BCUT2D eigenvalue weighted by molar-refractivity contribution is -0.147. The molecule has 0 aromatic heterocycles. The molecule has 0 rings (SSSR count). The van der Waals surface area contributed by atoms with Crippen molar-refractivity contribution in [3.05, 3.63) is 0 Å². The van der Waals surface area contributed by atoms with Gasteiger partial charge in [-0.05, 0) is 19.3 Å². The molecule has 0 saturated heterocycles. The Hall–Kier alpha value is -1.06. The van der Waals surface area contributed by atoms with Crippen LogP contribution in [0.2, 0.25) is 0 Å². The van der Waals surface area contributed by atoms with Crippen molar-refractivity contribution in [1.82, 2.24) is 0 Å². The Morgan fingerprint density at radius 1 is 0.889 bits per heavy atom. The molecule has 4 heteroatoms. The van der Waals surface area contributed by atoms with E-state index in [9.17, 15) is 9.59 Å². The van der Waals surface area contributed by atoms with Gasteiger partial charge in [0.05, 0.1) is 19.1 Å². The summed E-state index contributed by atoms with van der Waals surface area (Å²) < 4.78 is 9.61. The molecule has 0 aliphatic carbocycles. The average molecular weight is 260 g/mol. The molecule has 0 amide bonds. The molecule has 0 aromatic rings. The van der Waals surface area contributed by atoms with E-state index >= 15 is 0 Å². The van der Waals surface area contributed by atoms with Crippen molar-refractivity contribution in [3.63, 3.8) is 0 Å². The van der Waals surface area contributed by atoms with Gasteiger partial charge in [0, 0.05) is 6.42 Å². The zero-order chi connectivity index (χ0) is 14.4. The third kappa shape index (κ3) is 14.9. The van der Waals surface area contributed by atoms with Crippen molar-refractivity contribution in [2.75, 3.05) is 13.2 Å². The van der Waals surface area contributed by atoms with Gasteiger partial charge in [0.25, 0.3) is 0 Å². The molecule has 108 valence electrons. The highest BCUT2D eigenvalue weighted by atomic mass is 16.5. The quantitative estimate of drug-likeness (QED) is 0.659. The normalized spacial score (nSPS) is 9.44. The summed E-state index contributed by atoms with van der Waals surface area (Å²) in [5, 5.41) is 0. The van der Waals surface area contributed by atoms with Gasteiger partial charge in [-0.2, -0.15) is 0 Å². The molecule has 0 saturated carbocycles. The Labute approximate surface area is 111 Å². The molecule has 0 heterocycles. The van der Waals surface area contributed by atoms with Crippen molar-refractivity contribution in [1.29, 1.82) is 0 Å². The van der Waals surface area contributed by atoms with Crippen LogP contribution in [0.5, 0.6) is 0 Å². The molecule has 0 atom stereocenters. The maximum atomic E-state index is 10.7. The second kappa shape index (κ2) is 14.0. The lowest BCUT2D eigenvalue weighted by Gasteiger charge is -2.03. The van der Waals surface area contributed by atoms with E-state index in [-0.39, 0.29) is 17.9 Å². The first-order valence-electron chi connectivity index (χ1n) is 6.81. The van der Waals surface area contributed by atoms with Gasteiger partial charge in [-0.1, -0.05) is 34.6 Å². The highest BCUT2D eigenvalue weighted by molar-refractivity contribution is 5.71. The molecule has 0 aliphatic rings. The summed E-state index contributed by atoms with van der Waals surface area (Å²) in [5.41, 5.74) is 0. The van der Waals surface area contributed by atoms with E-state index in [2.05, 4.69) is 0 Å². The van der Waals surface area contributed by atoms with Gasteiger partial charge in [0.1, 0.15) is 0 Å². The average Bonchev–Trinajstić information content (AvgIpc) is 2.34. The third-order valence-electron chi connectivity index (χ3n) is 1.84. The summed E-state index contributed by atoms with van der Waals surface area (Å²) in [6.07, 6.45) is 3.25. The standard InChI is InChI=1S/2C7H14O2/c1-4-5-9-7(8)6(2)3;1-3-5-7(8)9-6-4-2/h6H,4-5H2,1-3H3;3-6H2,1-2H3. The molecule has 0 aromatic carbocycles. The first-order valence-corrected chi connectivity index (χ1v) is 6.81. The van der Waals surface area contributed by atoms with Crippen LogP contribution in [0.15, 0.2) is 0 Å². The summed E-state index contributed by atoms with van der Waals surface area (Å²) >= 11 is 0.